The van der Waals surface area contributed by atoms with Crippen molar-refractivity contribution in [2.24, 2.45) is 5.84 Å². The average molecular weight is 152 g/mol. The topological polar surface area (TPSA) is 116 Å². The molecule has 0 saturated heterocycles. The number of nitrogens with two attached hydrogens (primary N) is 1. The summed E-state index contributed by atoms with van der Waals surface area (Å²) in [6, 6.07) is 0. The summed E-state index contributed by atoms with van der Waals surface area (Å²) in [5, 5.41) is 25.1. The molecular weight excluding hydrogens is 144 g/mol. The molecule has 0 bridgehead atoms. The van der Waals surface area contributed by atoms with Crippen molar-refractivity contribution in [1.82, 2.24) is 5.01 Å². The minimum atomic E-state index is -2.99. The minimum Gasteiger partial charge on any atom is -0.343 e. The third-order valence-corrected chi connectivity index (χ3v) is 0.849. The van der Waals surface area contributed by atoms with Crippen molar-refractivity contribution in [3.63, 3.8) is 0 Å². The zero-order valence-corrected chi connectivity index (χ0v) is 5.18. The van der Waals surface area contributed by atoms with Gasteiger partial charge >= 0.3 is 11.9 Å². The Kier molecular flexibility index (Phi) is 2.69. The first-order valence-electron chi connectivity index (χ1n) is 2.22. The molecule has 0 atom stereocenters. The van der Waals surface area contributed by atoms with Crippen LogP contribution in [-0.2, 0) is 9.68 Å². The molecule has 60 valence electrons. The van der Waals surface area contributed by atoms with Gasteiger partial charge < -0.3 is 10.2 Å². The highest BCUT2D eigenvalue weighted by Crippen LogP contribution is 2.01. The van der Waals surface area contributed by atoms with Crippen LogP contribution in [0.25, 0.3) is 0 Å². The second-order valence-corrected chi connectivity index (χ2v) is 1.63. The lowest BCUT2D eigenvalue weighted by molar-refractivity contribution is -0.308. The quantitative estimate of drug-likeness (QED) is 0.149. The maximum Gasteiger partial charge on any atom is 0.418 e. The number of hydrazine groups is 1. The highest BCUT2D eigenvalue weighted by molar-refractivity contribution is 5.75. The minimum absolute atomic E-state index is 0.269. The van der Waals surface area contributed by atoms with Crippen molar-refractivity contribution in [3.05, 3.63) is 0 Å². The first kappa shape index (κ1) is 9.27. The summed E-state index contributed by atoms with van der Waals surface area (Å²) in [7, 11) is 1.01. The van der Waals surface area contributed by atoms with Crippen LogP contribution in [0.1, 0.15) is 0 Å². The number of carbonyl (C=O) groups is 1. The van der Waals surface area contributed by atoms with E-state index in [1.807, 2.05) is 0 Å². The second-order valence-electron chi connectivity index (χ2n) is 1.63. The Hall–Kier alpha value is -0.730. The summed E-state index contributed by atoms with van der Waals surface area (Å²) >= 11 is 0. The Labute approximate surface area is 56.1 Å². The van der Waals surface area contributed by atoms with Gasteiger partial charge in [0.25, 0.3) is 0 Å². The molecule has 0 aromatic carbocycles. The predicted molar refractivity (Wildman–Crippen MR) is 27.8 cm³/mol. The summed E-state index contributed by atoms with van der Waals surface area (Å²) in [5.74, 6) is 0.108. The van der Waals surface area contributed by atoms with E-state index in [9.17, 15) is 4.79 Å². The third kappa shape index (κ3) is 1.62. The second kappa shape index (κ2) is 2.90. The summed E-state index contributed by atoms with van der Waals surface area (Å²) in [5.41, 5.74) is 0. The van der Waals surface area contributed by atoms with E-state index in [-0.39, 0.29) is 5.01 Å². The van der Waals surface area contributed by atoms with E-state index in [1.54, 1.807) is 0 Å². The van der Waals surface area contributed by atoms with Crippen LogP contribution in [0.3, 0.4) is 0 Å². The van der Waals surface area contributed by atoms with Gasteiger partial charge in [-0.3, -0.25) is 10.7 Å². The van der Waals surface area contributed by atoms with Crippen LogP contribution in [-0.4, -0.2) is 39.4 Å². The standard InChI is InChI=1S/C3H8N2O5/c1-5(4)3(7,8)2(6)10-9/h7-9H,4H2,1H3. The average Bonchev–Trinajstić information content (AvgIpc) is 1.86. The highest BCUT2D eigenvalue weighted by atomic mass is 17.1. The Morgan fingerprint density at radius 1 is 1.70 bits per heavy atom. The van der Waals surface area contributed by atoms with Crippen molar-refractivity contribution < 1.29 is 25.2 Å². The molecular formula is C3H8N2O5. The number of rotatable bonds is 2. The molecule has 10 heavy (non-hydrogen) atoms. The number of hydrogen-bond acceptors (Lipinski definition) is 7. The molecule has 0 aromatic heterocycles. The molecule has 0 radical (unpaired) electrons. The lowest BCUT2D eigenvalue weighted by atomic mass is 10.5. The van der Waals surface area contributed by atoms with E-state index in [2.05, 4.69) is 4.89 Å². The van der Waals surface area contributed by atoms with Crippen LogP contribution in [0.5, 0.6) is 0 Å². The molecule has 0 rings (SSSR count). The van der Waals surface area contributed by atoms with Gasteiger partial charge in [-0.1, -0.05) is 0 Å². The van der Waals surface area contributed by atoms with Gasteiger partial charge in [-0.05, 0) is 0 Å². The van der Waals surface area contributed by atoms with Crippen LogP contribution in [0.2, 0.25) is 0 Å². The lowest BCUT2D eigenvalue weighted by Gasteiger charge is -2.23. The molecule has 0 amide bonds. The maximum absolute atomic E-state index is 10.2. The number of nitrogens with zero attached hydrogens (tertiary/aromatic N) is 1. The zero-order valence-electron chi connectivity index (χ0n) is 5.18. The molecule has 0 saturated carbocycles. The summed E-state index contributed by atoms with van der Waals surface area (Å²) in [4.78, 5) is 13.2. The molecule has 0 aliphatic rings. The smallest absolute Gasteiger partial charge is 0.343 e. The van der Waals surface area contributed by atoms with Crippen molar-refractivity contribution in [1.29, 1.82) is 0 Å². The van der Waals surface area contributed by atoms with Gasteiger partial charge in [0.15, 0.2) is 0 Å². The van der Waals surface area contributed by atoms with Gasteiger partial charge in [0.05, 0.1) is 0 Å². The highest BCUT2D eigenvalue weighted by Gasteiger charge is 2.39. The number of likely N-dealkylation sites (N-methyl/N-ethyl adjacent to an activating group) is 1. The third-order valence-electron chi connectivity index (χ3n) is 0.849. The Balaban J connectivity index is 4.24. The van der Waals surface area contributed by atoms with Crippen LogP contribution in [0.15, 0.2) is 0 Å². The van der Waals surface area contributed by atoms with Crippen LogP contribution in [0.4, 0.5) is 0 Å². The molecule has 0 heterocycles. The van der Waals surface area contributed by atoms with Crippen molar-refractivity contribution in [2.45, 2.75) is 5.91 Å². The summed E-state index contributed by atoms with van der Waals surface area (Å²) in [6.45, 7) is 0. The van der Waals surface area contributed by atoms with Gasteiger partial charge in [-0.2, -0.15) is 10.3 Å². The normalized spacial score (nSPS) is 11.8. The summed E-state index contributed by atoms with van der Waals surface area (Å²) < 4.78 is 0. The van der Waals surface area contributed by atoms with Crippen LogP contribution < -0.4 is 5.84 Å². The fourth-order valence-electron chi connectivity index (χ4n) is 0.205. The zero-order chi connectivity index (χ0) is 8.36. The number of aliphatic hydroxyl groups is 2. The molecule has 0 fully saturated rings. The fourth-order valence-corrected chi connectivity index (χ4v) is 0.205. The van der Waals surface area contributed by atoms with Crippen LogP contribution >= 0.6 is 0 Å². The van der Waals surface area contributed by atoms with Crippen molar-refractivity contribution >= 4 is 5.97 Å². The predicted octanol–water partition coefficient (Wildman–Crippen LogP) is -2.55. The lowest BCUT2D eigenvalue weighted by Crippen LogP contribution is -2.56. The first-order chi connectivity index (χ1) is 4.42. The molecule has 5 N–H and O–H groups in total. The summed E-state index contributed by atoms with van der Waals surface area (Å²) in [6.07, 6.45) is 0. The molecule has 0 aromatic rings. The monoisotopic (exact) mass is 152 g/mol. The molecule has 0 aliphatic heterocycles. The van der Waals surface area contributed by atoms with E-state index < -0.39 is 11.9 Å². The van der Waals surface area contributed by atoms with Gasteiger partial charge in [0, 0.05) is 7.05 Å². The molecule has 7 nitrogen and oxygen atoms in total. The van der Waals surface area contributed by atoms with Crippen molar-refractivity contribution in [3.8, 4) is 0 Å². The largest absolute Gasteiger partial charge is 0.418 e. The fraction of sp³-hybridized carbons (Fsp3) is 0.667. The molecule has 0 unspecified atom stereocenters. The van der Waals surface area contributed by atoms with E-state index >= 15 is 0 Å². The maximum atomic E-state index is 10.2. The van der Waals surface area contributed by atoms with Crippen molar-refractivity contribution in [2.75, 3.05) is 7.05 Å². The van der Waals surface area contributed by atoms with Gasteiger partial charge in [-0.15, -0.1) is 0 Å². The first-order valence-corrected chi connectivity index (χ1v) is 2.22. The SMILES string of the molecule is CN(N)C(O)(O)C(=O)OO. The Morgan fingerprint density at radius 3 is 2.20 bits per heavy atom. The van der Waals surface area contributed by atoms with E-state index in [0.717, 1.165) is 7.05 Å². The van der Waals surface area contributed by atoms with Gasteiger partial charge in [-0.25, -0.2) is 4.79 Å². The van der Waals surface area contributed by atoms with Gasteiger partial charge in [0.1, 0.15) is 0 Å². The van der Waals surface area contributed by atoms with Crippen LogP contribution in [0, 0.1) is 0 Å². The molecule has 0 spiro atoms. The van der Waals surface area contributed by atoms with E-state index in [1.165, 1.54) is 0 Å². The molecule has 7 heteroatoms. The number of carbonyl (C=O) groups excluding carboxylic acids is 1. The number of hydrogen-bond donors (Lipinski definition) is 4. The Bertz CT molecular complexity index is 133. The van der Waals surface area contributed by atoms with E-state index in [4.69, 9.17) is 21.3 Å². The Morgan fingerprint density at radius 2 is 2.10 bits per heavy atom. The van der Waals surface area contributed by atoms with Gasteiger partial charge in [0.2, 0.25) is 0 Å². The molecule has 0 aliphatic carbocycles. The van der Waals surface area contributed by atoms with E-state index in [0.29, 0.717) is 0 Å².